The van der Waals surface area contributed by atoms with Gasteiger partial charge in [-0.3, -0.25) is 5.10 Å². The first-order chi connectivity index (χ1) is 9.28. The summed E-state index contributed by atoms with van der Waals surface area (Å²) in [6, 6.07) is 3.93. The summed E-state index contributed by atoms with van der Waals surface area (Å²) in [5.41, 5.74) is 7.58. The molecule has 0 saturated carbocycles. The Morgan fingerprint density at radius 2 is 2.32 bits per heavy atom. The molecule has 3 rings (SSSR count). The van der Waals surface area contributed by atoms with E-state index < -0.39 is 0 Å². The Bertz CT molecular complexity index is 688. The first-order valence-corrected chi connectivity index (χ1v) is 6.90. The van der Waals surface area contributed by atoms with Gasteiger partial charge in [-0.1, -0.05) is 6.92 Å². The van der Waals surface area contributed by atoms with Crippen molar-refractivity contribution in [1.82, 2.24) is 20.2 Å². The van der Waals surface area contributed by atoms with Gasteiger partial charge >= 0.3 is 0 Å². The van der Waals surface area contributed by atoms with Crippen LogP contribution in [0.5, 0.6) is 0 Å². The van der Waals surface area contributed by atoms with Crippen molar-refractivity contribution in [3.8, 4) is 10.6 Å². The molecule has 0 bridgehead atoms. The lowest BCUT2D eigenvalue weighted by Crippen LogP contribution is -2.04. The lowest BCUT2D eigenvalue weighted by molar-refractivity contribution is 0.971. The number of hydrogen-bond donors (Lipinski definition) is 3. The maximum absolute atomic E-state index is 5.75. The number of nitrogen functional groups attached to an aromatic ring is 1. The van der Waals surface area contributed by atoms with E-state index in [-0.39, 0.29) is 0 Å². The molecule has 0 spiro atoms. The molecule has 98 valence electrons. The van der Waals surface area contributed by atoms with Gasteiger partial charge in [-0.2, -0.15) is 10.1 Å². The molecule has 4 N–H and O–H groups in total. The van der Waals surface area contributed by atoms with Crippen LogP contribution >= 0.6 is 11.3 Å². The number of H-pyrrole nitrogens is 1. The van der Waals surface area contributed by atoms with Crippen LogP contribution in [0.3, 0.4) is 0 Å². The number of fused-ring (bicyclic) bond motifs is 1. The van der Waals surface area contributed by atoms with Gasteiger partial charge < -0.3 is 11.1 Å². The van der Waals surface area contributed by atoms with Crippen LogP contribution in [0.1, 0.15) is 13.3 Å². The molecule has 19 heavy (non-hydrogen) atoms. The molecular formula is C12H14N6S. The van der Waals surface area contributed by atoms with Crippen molar-refractivity contribution in [2.75, 3.05) is 17.6 Å². The average Bonchev–Trinajstić information content (AvgIpc) is 3.03. The van der Waals surface area contributed by atoms with Crippen LogP contribution in [0.4, 0.5) is 11.8 Å². The Morgan fingerprint density at radius 1 is 1.42 bits per heavy atom. The third-order valence-corrected chi connectivity index (χ3v) is 3.86. The quantitative estimate of drug-likeness (QED) is 0.679. The molecule has 0 aliphatic heterocycles. The standard InChI is InChI=1S/C12H14N6S/c1-2-4-14-11-10-8(16-12(13)17-11)6-9(19-10)7-3-5-15-18-7/h3,5-6H,2,4H2,1H3,(H,15,18)(H3,13,14,16,17). The van der Waals surface area contributed by atoms with E-state index in [2.05, 4.69) is 32.4 Å². The highest BCUT2D eigenvalue weighted by Crippen LogP contribution is 2.35. The number of thiophene rings is 1. The van der Waals surface area contributed by atoms with Gasteiger partial charge in [0.15, 0.2) is 0 Å². The number of anilines is 2. The lowest BCUT2D eigenvalue weighted by Gasteiger charge is -2.04. The van der Waals surface area contributed by atoms with Crippen molar-refractivity contribution in [2.24, 2.45) is 0 Å². The first kappa shape index (κ1) is 11.9. The Labute approximate surface area is 114 Å². The molecule has 0 aliphatic rings. The lowest BCUT2D eigenvalue weighted by atomic mass is 10.3. The largest absolute Gasteiger partial charge is 0.369 e. The van der Waals surface area contributed by atoms with Crippen LogP contribution in [0.15, 0.2) is 18.3 Å². The molecule has 0 unspecified atom stereocenters. The van der Waals surface area contributed by atoms with Crippen LogP contribution in [-0.4, -0.2) is 26.7 Å². The molecule has 0 atom stereocenters. The predicted molar refractivity (Wildman–Crippen MR) is 78.2 cm³/mol. The molecule has 0 amide bonds. The van der Waals surface area contributed by atoms with E-state index in [0.717, 1.165) is 39.6 Å². The summed E-state index contributed by atoms with van der Waals surface area (Å²) < 4.78 is 1.02. The summed E-state index contributed by atoms with van der Waals surface area (Å²) in [5, 5.41) is 10.2. The molecule has 3 aromatic heterocycles. The second-order valence-electron chi connectivity index (χ2n) is 4.15. The van der Waals surface area contributed by atoms with Gasteiger partial charge in [0.25, 0.3) is 0 Å². The van der Waals surface area contributed by atoms with Crippen molar-refractivity contribution in [1.29, 1.82) is 0 Å². The Morgan fingerprint density at radius 3 is 3.05 bits per heavy atom. The summed E-state index contributed by atoms with van der Waals surface area (Å²) in [6.07, 6.45) is 2.76. The smallest absolute Gasteiger partial charge is 0.222 e. The van der Waals surface area contributed by atoms with Crippen LogP contribution in [-0.2, 0) is 0 Å². The van der Waals surface area contributed by atoms with E-state index in [4.69, 9.17) is 5.73 Å². The fourth-order valence-electron chi connectivity index (χ4n) is 1.84. The van der Waals surface area contributed by atoms with Crippen molar-refractivity contribution in [3.63, 3.8) is 0 Å². The molecule has 0 aromatic carbocycles. The zero-order valence-electron chi connectivity index (χ0n) is 10.5. The molecule has 6 nitrogen and oxygen atoms in total. The Hall–Kier alpha value is -2.15. The third kappa shape index (κ3) is 2.24. The second-order valence-corrected chi connectivity index (χ2v) is 5.20. The number of nitrogens with zero attached hydrogens (tertiary/aromatic N) is 3. The molecule has 7 heteroatoms. The topological polar surface area (TPSA) is 92.5 Å². The number of aromatic amines is 1. The minimum atomic E-state index is 0.292. The Balaban J connectivity index is 2.10. The summed E-state index contributed by atoms with van der Waals surface area (Å²) >= 11 is 1.63. The molecule has 0 saturated heterocycles. The van der Waals surface area contributed by atoms with E-state index in [1.54, 1.807) is 17.5 Å². The number of aromatic nitrogens is 4. The van der Waals surface area contributed by atoms with Gasteiger partial charge in [0.1, 0.15) is 5.82 Å². The molecular weight excluding hydrogens is 260 g/mol. The van der Waals surface area contributed by atoms with Gasteiger partial charge in [0, 0.05) is 12.7 Å². The highest BCUT2D eigenvalue weighted by Gasteiger charge is 2.12. The zero-order chi connectivity index (χ0) is 13.2. The molecule has 3 heterocycles. The zero-order valence-corrected chi connectivity index (χ0v) is 11.3. The van der Waals surface area contributed by atoms with Crippen LogP contribution in [0.2, 0.25) is 0 Å². The number of rotatable bonds is 4. The van der Waals surface area contributed by atoms with E-state index >= 15 is 0 Å². The highest BCUT2D eigenvalue weighted by molar-refractivity contribution is 7.22. The fourth-order valence-corrected chi connectivity index (χ4v) is 2.87. The van der Waals surface area contributed by atoms with Crippen LogP contribution in [0.25, 0.3) is 20.8 Å². The number of nitrogens with two attached hydrogens (primary N) is 1. The summed E-state index contributed by atoms with van der Waals surface area (Å²) in [4.78, 5) is 9.63. The van der Waals surface area contributed by atoms with E-state index in [9.17, 15) is 0 Å². The normalized spacial score (nSPS) is 11.0. The molecule has 0 radical (unpaired) electrons. The number of hydrogen-bond acceptors (Lipinski definition) is 6. The number of nitrogens with one attached hydrogen (secondary N) is 2. The maximum atomic E-state index is 5.75. The minimum absolute atomic E-state index is 0.292. The van der Waals surface area contributed by atoms with Gasteiger partial charge in [-0.05, 0) is 18.6 Å². The van der Waals surface area contributed by atoms with E-state index in [0.29, 0.717) is 5.95 Å². The fraction of sp³-hybridized carbons (Fsp3) is 0.250. The van der Waals surface area contributed by atoms with E-state index in [1.807, 2.05) is 12.1 Å². The first-order valence-electron chi connectivity index (χ1n) is 6.08. The van der Waals surface area contributed by atoms with Gasteiger partial charge in [-0.15, -0.1) is 11.3 Å². The monoisotopic (exact) mass is 274 g/mol. The molecule has 0 aliphatic carbocycles. The molecule has 0 fully saturated rings. The molecule has 3 aromatic rings. The van der Waals surface area contributed by atoms with Crippen LogP contribution < -0.4 is 11.1 Å². The minimum Gasteiger partial charge on any atom is -0.369 e. The maximum Gasteiger partial charge on any atom is 0.222 e. The predicted octanol–water partition coefficient (Wildman–Crippen LogP) is 2.49. The third-order valence-electron chi connectivity index (χ3n) is 2.70. The van der Waals surface area contributed by atoms with Gasteiger partial charge in [0.05, 0.1) is 20.8 Å². The van der Waals surface area contributed by atoms with Crippen molar-refractivity contribution >= 4 is 33.3 Å². The van der Waals surface area contributed by atoms with Gasteiger partial charge in [0.2, 0.25) is 5.95 Å². The van der Waals surface area contributed by atoms with E-state index in [1.165, 1.54) is 0 Å². The van der Waals surface area contributed by atoms with Crippen LogP contribution in [0, 0.1) is 0 Å². The SMILES string of the molecule is CCCNc1nc(N)nc2cc(-c3ccn[nH]3)sc12. The second kappa shape index (κ2) is 4.85. The van der Waals surface area contributed by atoms with Crippen molar-refractivity contribution in [2.45, 2.75) is 13.3 Å². The Kier molecular flexibility index (Phi) is 3.04. The summed E-state index contributed by atoms with van der Waals surface area (Å²) in [7, 11) is 0. The summed E-state index contributed by atoms with van der Waals surface area (Å²) in [6.45, 7) is 2.97. The summed E-state index contributed by atoms with van der Waals surface area (Å²) in [5.74, 6) is 1.10. The average molecular weight is 274 g/mol. The van der Waals surface area contributed by atoms with Crippen molar-refractivity contribution < 1.29 is 0 Å². The van der Waals surface area contributed by atoms with Crippen molar-refractivity contribution in [3.05, 3.63) is 18.3 Å². The van der Waals surface area contributed by atoms with Gasteiger partial charge in [-0.25, -0.2) is 4.98 Å². The highest BCUT2D eigenvalue weighted by atomic mass is 32.1.